The van der Waals surface area contributed by atoms with Crippen LogP contribution in [0.4, 0.5) is 0 Å². The third-order valence-corrected chi connectivity index (χ3v) is 5.65. The van der Waals surface area contributed by atoms with Gasteiger partial charge in [-0.2, -0.15) is 5.06 Å². The van der Waals surface area contributed by atoms with E-state index in [0.717, 1.165) is 13.1 Å². The van der Waals surface area contributed by atoms with Crippen molar-refractivity contribution in [1.29, 1.82) is 0 Å². The Morgan fingerprint density at radius 1 is 1.00 bits per heavy atom. The average molecular weight is 338 g/mol. The lowest BCUT2D eigenvalue weighted by Gasteiger charge is -2.30. The van der Waals surface area contributed by atoms with Crippen molar-refractivity contribution in [3.63, 3.8) is 0 Å². The molecule has 4 nitrogen and oxygen atoms in total. The molecule has 25 heavy (non-hydrogen) atoms. The molecule has 0 bridgehead atoms. The van der Waals surface area contributed by atoms with Gasteiger partial charge in [0.25, 0.3) is 0 Å². The lowest BCUT2D eigenvalue weighted by atomic mass is 9.93. The highest BCUT2D eigenvalue weighted by molar-refractivity contribution is 5.17. The van der Waals surface area contributed by atoms with Crippen molar-refractivity contribution in [3.8, 4) is 0 Å². The number of hydrogen-bond acceptors (Lipinski definition) is 4. The van der Waals surface area contributed by atoms with Crippen molar-refractivity contribution >= 4 is 0 Å². The predicted molar refractivity (Wildman–Crippen MR) is 97.3 cm³/mol. The second kappa shape index (κ2) is 6.54. The number of aliphatic hydroxyl groups is 1. The summed E-state index contributed by atoms with van der Waals surface area (Å²) in [5.41, 5.74) is 2.51. The average Bonchev–Trinajstić information content (AvgIpc) is 3.05. The van der Waals surface area contributed by atoms with Gasteiger partial charge in [0.1, 0.15) is 0 Å². The molecule has 2 heterocycles. The van der Waals surface area contributed by atoms with E-state index >= 15 is 0 Å². The number of hydrogen-bond donors (Lipinski definition) is 1. The first-order chi connectivity index (χ1) is 12.0. The molecule has 0 unspecified atom stereocenters. The molecule has 4 heteroatoms. The van der Waals surface area contributed by atoms with E-state index in [9.17, 15) is 5.11 Å². The fourth-order valence-corrected chi connectivity index (χ4v) is 4.30. The van der Waals surface area contributed by atoms with Crippen molar-refractivity contribution in [2.24, 2.45) is 5.92 Å². The van der Waals surface area contributed by atoms with Crippen LogP contribution in [0.2, 0.25) is 0 Å². The van der Waals surface area contributed by atoms with E-state index in [-0.39, 0.29) is 12.0 Å². The molecule has 0 aromatic heterocycles. The van der Waals surface area contributed by atoms with Crippen molar-refractivity contribution < 1.29 is 9.94 Å². The van der Waals surface area contributed by atoms with Gasteiger partial charge in [-0.3, -0.25) is 9.74 Å². The Hall–Kier alpha value is -1.72. The normalized spacial score (nSPS) is 32.8. The number of likely N-dealkylation sites (tertiary alicyclic amines) is 1. The smallest absolute Gasteiger partial charge is 0.188 e. The Morgan fingerprint density at radius 2 is 1.56 bits per heavy atom. The maximum atomic E-state index is 10.8. The fourth-order valence-electron chi connectivity index (χ4n) is 4.30. The van der Waals surface area contributed by atoms with Gasteiger partial charge in [-0.05, 0) is 25.0 Å². The number of nitrogens with zero attached hydrogens (tertiary/aromatic N) is 2. The van der Waals surface area contributed by atoms with Gasteiger partial charge in [0.2, 0.25) is 0 Å². The van der Waals surface area contributed by atoms with Crippen LogP contribution in [0.25, 0.3) is 0 Å². The summed E-state index contributed by atoms with van der Waals surface area (Å²) >= 11 is 0. The van der Waals surface area contributed by atoms with Gasteiger partial charge in [0, 0.05) is 31.6 Å². The topological polar surface area (TPSA) is 35.9 Å². The molecule has 2 aliphatic rings. The minimum atomic E-state index is -1.11. The van der Waals surface area contributed by atoms with Crippen LogP contribution in [0.5, 0.6) is 0 Å². The zero-order valence-electron chi connectivity index (χ0n) is 14.9. The van der Waals surface area contributed by atoms with Gasteiger partial charge < -0.3 is 5.11 Å². The molecule has 2 saturated heterocycles. The zero-order valence-corrected chi connectivity index (χ0v) is 14.9. The van der Waals surface area contributed by atoms with Crippen LogP contribution < -0.4 is 0 Å². The maximum Gasteiger partial charge on any atom is 0.188 e. The molecule has 2 aromatic rings. The quantitative estimate of drug-likeness (QED) is 0.930. The maximum absolute atomic E-state index is 10.8. The third-order valence-electron chi connectivity index (χ3n) is 5.65. The first-order valence-corrected chi connectivity index (χ1v) is 9.04. The summed E-state index contributed by atoms with van der Waals surface area (Å²) in [5, 5.41) is 12.8. The SMILES string of the molecule is C[C@H]1[C@H]2[C@@H](CN1Cc1ccccc1)[C@@](C)(O)ON2Cc1ccccc1. The summed E-state index contributed by atoms with van der Waals surface area (Å²) < 4.78 is 0. The molecule has 0 spiro atoms. The molecule has 0 aliphatic carbocycles. The minimum absolute atomic E-state index is 0.0925. The molecule has 0 saturated carbocycles. The molecule has 0 radical (unpaired) electrons. The monoisotopic (exact) mass is 338 g/mol. The second-order valence-electron chi connectivity index (χ2n) is 7.46. The van der Waals surface area contributed by atoms with Crippen LogP contribution in [-0.4, -0.2) is 39.5 Å². The van der Waals surface area contributed by atoms with Crippen LogP contribution in [0.15, 0.2) is 60.7 Å². The predicted octanol–water partition coefficient (Wildman–Crippen LogP) is 3.03. The van der Waals surface area contributed by atoms with Crippen LogP contribution in [-0.2, 0) is 17.9 Å². The number of benzene rings is 2. The Labute approximate surface area is 149 Å². The number of hydroxylamine groups is 2. The van der Waals surface area contributed by atoms with Crippen molar-refractivity contribution in [2.75, 3.05) is 6.54 Å². The standard InChI is InChI=1S/C21H26N2O2/c1-16-20-19(15-22(16)13-17-9-5-3-6-10-17)21(2,24)25-23(20)14-18-11-7-4-8-12-18/h3-12,16,19-20,24H,13-15H2,1-2H3/t16-,19+,20-,21-/m0/s1. The largest absolute Gasteiger partial charge is 0.364 e. The summed E-state index contributed by atoms with van der Waals surface area (Å²) in [5.74, 6) is -1.02. The van der Waals surface area contributed by atoms with Crippen LogP contribution in [0, 0.1) is 5.92 Å². The van der Waals surface area contributed by atoms with Crippen LogP contribution in [0.1, 0.15) is 25.0 Å². The Kier molecular flexibility index (Phi) is 4.38. The van der Waals surface area contributed by atoms with Gasteiger partial charge in [-0.15, -0.1) is 0 Å². The van der Waals surface area contributed by atoms with Crippen molar-refractivity contribution in [2.45, 2.75) is 44.8 Å². The number of rotatable bonds is 4. The van der Waals surface area contributed by atoms with Crippen molar-refractivity contribution in [3.05, 3.63) is 71.8 Å². The highest BCUT2D eigenvalue weighted by Gasteiger charge is 2.57. The highest BCUT2D eigenvalue weighted by Crippen LogP contribution is 2.43. The highest BCUT2D eigenvalue weighted by atomic mass is 16.8. The Morgan fingerprint density at radius 3 is 2.16 bits per heavy atom. The molecule has 132 valence electrons. The van der Waals surface area contributed by atoms with Gasteiger partial charge in [-0.25, -0.2) is 0 Å². The molecule has 2 aromatic carbocycles. The molecular formula is C21H26N2O2. The van der Waals surface area contributed by atoms with Crippen molar-refractivity contribution in [1.82, 2.24) is 9.96 Å². The summed E-state index contributed by atoms with van der Waals surface area (Å²) in [6.07, 6.45) is 0. The van der Waals surface area contributed by atoms with Gasteiger partial charge >= 0.3 is 0 Å². The number of fused-ring (bicyclic) bond motifs is 1. The lowest BCUT2D eigenvalue weighted by molar-refractivity contribution is -0.294. The van der Waals surface area contributed by atoms with E-state index in [0.29, 0.717) is 12.6 Å². The molecule has 2 fully saturated rings. The third kappa shape index (κ3) is 3.23. The Balaban J connectivity index is 1.53. The van der Waals surface area contributed by atoms with Gasteiger partial charge in [0.05, 0.1) is 6.04 Å². The van der Waals surface area contributed by atoms with E-state index in [4.69, 9.17) is 4.84 Å². The van der Waals surface area contributed by atoms with E-state index in [1.54, 1.807) is 6.92 Å². The van der Waals surface area contributed by atoms with E-state index in [1.807, 2.05) is 29.3 Å². The summed E-state index contributed by atoms with van der Waals surface area (Å²) in [6.45, 7) is 6.50. The first-order valence-electron chi connectivity index (χ1n) is 9.04. The molecular weight excluding hydrogens is 312 g/mol. The van der Waals surface area contributed by atoms with E-state index in [2.05, 4.69) is 48.2 Å². The van der Waals surface area contributed by atoms with Crippen LogP contribution >= 0.6 is 0 Å². The summed E-state index contributed by atoms with van der Waals surface area (Å²) in [6, 6.07) is 21.4. The minimum Gasteiger partial charge on any atom is -0.364 e. The zero-order chi connectivity index (χ0) is 17.4. The summed E-state index contributed by atoms with van der Waals surface area (Å²) in [7, 11) is 0. The molecule has 4 rings (SSSR count). The molecule has 0 amide bonds. The molecule has 4 atom stereocenters. The molecule has 1 N–H and O–H groups in total. The van der Waals surface area contributed by atoms with E-state index < -0.39 is 5.79 Å². The van der Waals surface area contributed by atoms with E-state index in [1.165, 1.54) is 11.1 Å². The second-order valence-corrected chi connectivity index (χ2v) is 7.46. The summed E-state index contributed by atoms with van der Waals surface area (Å²) in [4.78, 5) is 8.41. The fraction of sp³-hybridized carbons (Fsp3) is 0.429. The Bertz CT molecular complexity index is 704. The van der Waals surface area contributed by atoms with Crippen LogP contribution in [0.3, 0.4) is 0 Å². The van der Waals surface area contributed by atoms with Gasteiger partial charge in [0.15, 0.2) is 5.79 Å². The lowest BCUT2D eigenvalue weighted by Crippen LogP contribution is -2.41. The molecule has 2 aliphatic heterocycles. The van der Waals surface area contributed by atoms with Gasteiger partial charge in [-0.1, -0.05) is 60.7 Å². The first kappa shape index (κ1) is 16.7.